The van der Waals surface area contributed by atoms with Gasteiger partial charge in [0.05, 0.1) is 24.7 Å². The molecule has 0 saturated heterocycles. The fraction of sp³-hybridized carbons (Fsp3) is 0.421. The summed E-state index contributed by atoms with van der Waals surface area (Å²) >= 11 is 6.07. The molecule has 27 heavy (non-hydrogen) atoms. The molecule has 0 aliphatic carbocycles. The normalized spacial score (nSPS) is 11.1. The van der Waals surface area contributed by atoms with Crippen LogP contribution in [-0.2, 0) is 20.1 Å². The zero-order valence-electron chi connectivity index (χ0n) is 16.2. The van der Waals surface area contributed by atoms with Crippen LogP contribution in [0.5, 0.6) is 11.5 Å². The minimum absolute atomic E-state index is 0. The van der Waals surface area contributed by atoms with E-state index in [1.54, 1.807) is 6.07 Å². The molecular weight excluding hydrogens is 479 g/mol. The number of aryl methyl sites for hydroxylation is 1. The minimum Gasteiger partial charge on any atom is -0.504 e. The Morgan fingerprint density at radius 3 is 2.67 bits per heavy atom. The Balaban J connectivity index is 0.00000364. The van der Waals surface area contributed by atoms with Crippen molar-refractivity contribution in [2.24, 2.45) is 12.0 Å². The van der Waals surface area contributed by atoms with E-state index in [0.29, 0.717) is 25.4 Å². The largest absolute Gasteiger partial charge is 0.504 e. The molecule has 0 amide bonds. The van der Waals surface area contributed by atoms with E-state index in [0.717, 1.165) is 28.8 Å². The Morgan fingerprint density at radius 2 is 2.07 bits per heavy atom. The highest BCUT2D eigenvalue weighted by Crippen LogP contribution is 2.27. The zero-order chi connectivity index (χ0) is 19.1. The smallest absolute Gasteiger partial charge is 0.194 e. The van der Waals surface area contributed by atoms with Gasteiger partial charge in [-0.15, -0.1) is 24.0 Å². The Bertz CT molecular complexity index is 764. The van der Waals surface area contributed by atoms with Gasteiger partial charge in [0.15, 0.2) is 17.5 Å². The van der Waals surface area contributed by atoms with Crippen molar-refractivity contribution in [1.29, 1.82) is 0 Å². The molecule has 1 aromatic heterocycles. The van der Waals surface area contributed by atoms with E-state index in [1.165, 1.54) is 0 Å². The summed E-state index contributed by atoms with van der Waals surface area (Å²) < 4.78 is 7.44. The van der Waals surface area contributed by atoms with Crippen LogP contribution in [0, 0.1) is 0 Å². The molecule has 0 spiro atoms. The molecule has 1 heterocycles. The fourth-order valence-electron chi connectivity index (χ4n) is 2.61. The average Bonchev–Trinajstić information content (AvgIpc) is 2.91. The molecule has 0 atom stereocenters. The van der Waals surface area contributed by atoms with Crippen LogP contribution >= 0.6 is 35.6 Å². The molecule has 0 unspecified atom stereocenters. The van der Waals surface area contributed by atoms with Gasteiger partial charge in [-0.25, -0.2) is 4.99 Å². The molecule has 0 fully saturated rings. The standard InChI is InChI=1S/C19H27ClN4O2.HI/c1-5-21-19(24(4)13-16-10-15(20)12-23(16)3)22-11-14-7-8-17(25)18(9-14)26-6-2;/h7-10,12,25H,5-6,11,13H2,1-4H3,(H,21,22);1H. The van der Waals surface area contributed by atoms with Gasteiger partial charge in [-0.05, 0) is 37.6 Å². The predicted octanol–water partition coefficient (Wildman–Crippen LogP) is 4.00. The number of ether oxygens (including phenoxy) is 1. The molecule has 0 aliphatic rings. The average molecular weight is 507 g/mol. The first-order chi connectivity index (χ1) is 12.4. The summed E-state index contributed by atoms with van der Waals surface area (Å²) in [6.45, 7) is 6.38. The van der Waals surface area contributed by atoms with Crippen molar-refractivity contribution in [3.63, 3.8) is 0 Å². The number of nitrogens with one attached hydrogen (secondary N) is 1. The summed E-state index contributed by atoms with van der Waals surface area (Å²) in [6, 6.07) is 7.26. The lowest BCUT2D eigenvalue weighted by Gasteiger charge is -2.22. The number of aliphatic imine (C=N–C) groups is 1. The SMILES string of the molecule is CCNC(=NCc1ccc(O)c(OCC)c1)N(C)Cc1cc(Cl)cn1C.I. The van der Waals surface area contributed by atoms with Crippen molar-refractivity contribution >= 4 is 41.5 Å². The quantitative estimate of drug-likeness (QED) is 0.339. The van der Waals surface area contributed by atoms with Gasteiger partial charge in [0.2, 0.25) is 0 Å². The Kier molecular flexibility index (Phi) is 9.79. The van der Waals surface area contributed by atoms with Crippen LogP contribution in [0.1, 0.15) is 25.1 Å². The fourth-order valence-corrected chi connectivity index (χ4v) is 2.88. The topological polar surface area (TPSA) is 62.0 Å². The number of rotatable bonds is 7. The number of hydrogen-bond donors (Lipinski definition) is 2. The molecule has 150 valence electrons. The number of hydrogen-bond acceptors (Lipinski definition) is 3. The third-order valence-corrected chi connectivity index (χ3v) is 4.11. The van der Waals surface area contributed by atoms with E-state index in [9.17, 15) is 5.11 Å². The minimum atomic E-state index is 0. The van der Waals surface area contributed by atoms with Crippen molar-refractivity contribution in [3.05, 3.63) is 46.7 Å². The number of guanidine groups is 1. The van der Waals surface area contributed by atoms with Crippen molar-refractivity contribution in [2.45, 2.75) is 26.9 Å². The van der Waals surface area contributed by atoms with Gasteiger partial charge in [0, 0.05) is 32.5 Å². The summed E-state index contributed by atoms with van der Waals surface area (Å²) in [5, 5.41) is 13.8. The molecule has 8 heteroatoms. The van der Waals surface area contributed by atoms with Crippen LogP contribution in [0.4, 0.5) is 0 Å². The van der Waals surface area contributed by atoms with E-state index in [1.807, 2.05) is 56.9 Å². The van der Waals surface area contributed by atoms with Gasteiger partial charge in [-0.2, -0.15) is 0 Å². The second kappa shape index (κ2) is 11.3. The number of aromatic nitrogens is 1. The van der Waals surface area contributed by atoms with E-state index in [-0.39, 0.29) is 29.7 Å². The van der Waals surface area contributed by atoms with Gasteiger partial charge < -0.3 is 24.6 Å². The van der Waals surface area contributed by atoms with Gasteiger partial charge >= 0.3 is 0 Å². The van der Waals surface area contributed by atoms with Crippen LogP contribution in [0.3, 0.4) is 0 Å². The number of nitrogens with zero attached hydrogens (tertiary/aromatic N) is 3. The highest BCUT2D eigenvalue weighted by Gasteiger charge is 2.10. The summed E-state index contributed by atoms with van der Waals surface area (Å²) in [5.74, 6) is 1.43. The summed E-state index contributed by atoms with van der Waals surface area (Å²) in [4.78, 5) is 6.75. The van der Waals surface area contributed by atoms with Gasteiger partial charge in [-0.3, -0.25) is 0 Å². The monoisotopic (exact) mass is 506 g/mol. The maximum atomic E-state index is 9.81. The number of phenolic OH excluding ortho intramolecular Hbond substituents is 1. The number of halogens is 2. The third kappa shape index (κ3) is 6.80. The molecule has 0 saturated carbocycles. The van der Waals surface area contributed by atoms with Crippen molar-refractivity contribution in [2.75, 3.05) is 20.2 Å². The number of benzene rings is 1. The van der Waals surface area contributed by atoms with Crippen LogP contribution in [-0.4, -0.2) is 40.7 Å². The van der Waals surface area contributed by atoms with Gasteiger partial charge in [0.1, 0.15) is 0 Å². The lowest BCUT2D eigenvalue weighted by molar-refractivity contribution is 0.318. The third-order valence-electron chi connectivity index (χ3n) is 3.91. The molecule has 0 radical (unpaired) electrons. The summed E-state index contributed by atoms with van der Waals surface area (Å²) in [5.41, 5.74) is 2.07. The lowest BCUT2D eigenvalue weighted by atomic mass is 10.2. The van der Waals surface area contributed by atoms with E-state index in [2.05, 4.69) is 10.2 Å². The molecule has 1 aromatic carbocycles. The van der Waals surface area contributed by atoms with Crippen LogP contribution in [0.15, 0.2) is 35.5 Å². The van der Waals surface area contributed by atoms with E-state index in [4.69, 9.17) is 21.3 Å². The Labute approximate surface area is 183 Å². The van der Waals surface area contributed by atoms with E-state index < -0.39 is 0 Å². The predicted molar refractivity (Wildman–Crippen MR) is 121 cm³/mol. The summed E-state index contributed by atoms with van der Waals surface area (Å²) in [6.07, 6.45) is 1.89. The molecule has 0 aliphatic heterocycles. The first-order valence-corrected chi connectivity index (χ1v) is 9.07. The van der Waals surface area contributed by atoms with Crippen molar-refractivity contribution < 1.29 is 9.84 Å². The highest BCUT2D eigenvalue weighted by molar-refractivity contribution is 14.0. The Hall–Kier alpha value is -1.61. The van der Waals surface area contributed by atoms with Crippen molar-refractivity contribution in [3.8, 4) is 11.5 Å². The van der Waals surface area contributed by atoms with Crippen molar-refractivity contribution in [1.82, 2.24) is 14.8 Å². The van der Waals surface area contributed by atoms with Gasteiger partial charge in [0.25, 0.3) is 0 Å². The lowest BCUT2D eigenvalue weighted by Crippen LogP contribution is -2.38. The van der Waals surface area contributed by atoms with Crippen LogP contribution < -0.4 is 10.1 Å². The molecule has 6 nitrogen and oxygen atoms in total. The van der Waals surface area contributed by atoms with Crippen LogP contribution in [0.2, 0.25) is 5.02 Å². The maximum absolute atomic E-state index is 9.81. The number of aromatic hydroxyl groups is 1. The summed E-state index contributed by atoms with van der Waals surface area (Å²) in [7, 11) is 3.97. The molecular formula is C19H28ClIN4O2. The van der Waals surface area contributed by atoms with Crippen LogP contribution in [0.25, 0.3) is 0 Å². The first kappa shape index (κ1) is 23.4. The molecule has 2 rings (SSSR count). The zero-order valence-corrected chi connectivity index (χ0v) is 19.3. The van der Waals surface area contributed by atoms with Gasteiger partial charge in [-0.1, -0.05) is 17.7 Å². The maximum Gasteiger partial charge on any atom is 0.194 e. The second-order valence-corrected chi connectivity index (χ2v) is 6.46. The Morgan fingerprint density at radius 1 is 1.33 bits per heavy atom. The highest BCUT2D eigenvalue weighted by atomic mass is 127. The molecule has 2 N–H and O–H groups in total. The number of phenols is 1. The molecule has 2 aromatic rings. The van der Waals surface area contributed by atoms with E-state index >= 15 is 0 Å². The second-order valence-electron chi connectivity index (χ2n) is 6.02. The molecule has 0 bridgehead atoms. The first-order valence-electron chi connectivity index (χ1n) is 8.69.